The van der Waals surface area contributed by atoms with E-state index in [2.05, 4.69) is 23.9 Å². The van der Waals surface area contributed by atoms with Gasteiger partial charge < -0.3 is 10.1 Å². The van der Waals surface area contributed by atoms with E-state index in [-0.39, 0.29) is 18.2 Å². The van der Waals surface area contributed by atoms with Crippen molar-refractivity contribution < 1.29 is 14.3 Å². The lowest BCUT2D eigenvalue weighted by Gasteiger charge is -2.17. The number of Topliss-reactive ketones (excluding diaryl/α,β-unsaturated/α-hetero) is 1. The molecule has 1 aromatic carbocycles. The minimum absolute atomic E-state index is 0.0579. The molecule has 110 valence electrons. The van der Waals surface area contributed by atoms with Crippen LogP contribution in [0.2, 0.25) is 0 Å². The third-order valence-corrected chi connectivity index (χ3v) is 3.09. The average molecular weight is 277 g/mol. The lowest BCUT2D eigenvalue weighted by atomic mass is 10.0. The number of rotatable bonds is 8. The van der Waals surface area contributed by atoms with Crippen LogP contribution in [-0.4, -0.2) is 31.4 Å². The van der Waals surface area contributed by atoms with Crippen molar-refractivity contribution in [1.82, 2.24) is 5.32 Å². The van der Waals surface area contributed by atoms with Gasteiger partial charge in [-0.05, 0) is 18.9 Å². The molecule has 0 fully saturated rings. The van der Waals surface area contributed by atoms with Gasteiger partial charge >= 0.3 is 5.97 Å². The van der Waals surface area contributed by atoms with Crippen LogP contribution < -0.4 is 5.32 Å². The van der Waals surface area contributed by atoms with Gasteiger partial charge in [-0.3, -0.25) is 9.59 Å². The van der Waals surface area contributed by atoms with Gasteiger partial charge in [0.15, 0.2) is 5.78 Å². The molecule has 4 nitrogen and oxygen atoms in total. The molecule has 1 aromatic rings. The van der Waals surface area contributed by atoms with E-state index >= 15 is 0 Å². The van der Waals surface area contributed by atoms with E-state index in [1.165, 1.54) is 7.11 Å². The standard InChI is InChI=1S/C16H23NO3/c1-12(2)9-10-17-14(11-15(18)20-3)16(19)13-7-5-4-6-8-13/h4-8,12,14,17H,9-11H2,1-3H3. The monoisotopic (exact) mass is 277 g/mol. The maximum Gasteiger partial charge on any atom is 0.307 e. The Labute approximate surface area is 120 Å². The number of ether oxygens (including phenoxy) is 1. The number of carbonyl (C=O) groups excluding carboxylic acids is 2. The number of benzene rings is 1. The minimum atomic E-state index is -0.524. The molecule has 0 aromatic heterocycles. The zero-order valence-corrected chi connectivity index (χ0v) is 12.4. The van der Waals surface area contributed by atoms with Crippen molar-refractivity contribution in [2.24, 2.45) is 5.92 Å². The summed E-state index contributed by atoms with van der Waals surface area (Å²) in [6.45, 7) is 4.95. The van der Waals surface area contributed by atoms with Crippen molar-refractivity contribution in [1.29, 1.82) is 0 Å². The van der Waals surface area contributed by atoms with Gasteiger partial charge in [0.2, 0.25) is 0 Å². The minimum Gasteiger partial charge on any atom is -0.469 e. The van der Waals surface area contributed by atoms with Gasteiger partial charge in [0.25, 0.3) is 0 Å². The van der Waals surface area contributed by atoms with E-state index in [9.17, 15) is 9.59 Å². The number of hydrogen-bond acceptors (Lipinski definition) is 4. The summed E-state index contributed by atoms with van der Waals surface area (Å²) in [6.07, 6.45) is 1.02. The molecule has 1 unspecified atom stereocenters. The molecule has 1 atom stereocenters. The summed E-state index contributed by atoms with van der Waals surface area (Å²) in [5.74, 6) is 0.101. The largest absolute Gasteiger partial charge is 0.469 e. The van der Waals surface area contributed by atoms with Crippen LogP contribution in [-0.2, 0) is 9.53 Å². The summed E-state index contributed by atoms with van der Waals surface area (Å²) >= 11 is 0. The Morgan fingerprint density at radius 3 is 2.40 bits per heavy atom. The van der Waals surface area contributed by atoms with E-state index in [0.717, 1.165) is 6.42 Å². The summed E-state index contributed by atoms with van der Waals surface area (Å²) in [5.41, 5.74) is 0.610. The topological polar surface area (TPSA) is 55.4 Å². The predicted molar refractivity (Wildman–Crippen MR) is 78.7 cm³/mol. The molecule has 0 amide bonds. The van der Waals surface area contributed by atoms with Crippen molar-refractivity contribution in [2.75, 3.05) is 13.7 Å². The summed E-state index contributed by atoms with van der Waals surface area (Å²) in [5, 5.41) is 3.16. The molecule has 0 radical (unpaired) electrons. The molecular weight excluding hydrogens is 254 g/mol. The maximum absolute atomic E-state index is 12.4. The zero-order chi connectivity index (χ0) is 15.0. The first kappa shape index (κ1) is 16.4. The van der Waals surface area contributed by atoms with Gasteiger partial charge in [0, 0.05) is 5.56 Å². The van der Waals surface area contributed by atoms with Crippen molar-refractivity contribution in [2.45, 2.75) is 32.7 Å². The fourth-order valence-corrected chi connectivity index (χ4v) is 1.86. The fourth-order valence-electron chi connectivity index (χ4n) is 1.86. The second-order valence-electron chi connectivity index (χ2n) is 5.20. The predicted octanol–water partition coefficient (Wildman–Crippen LogP) is 2.44. The molecule has 0 aliphatic heterocycles. The highest BCUT2D eigenvalue weighted by Gasteiger charge is 2.22. The van der Waals surface area contributed by atoms with Crippen LogP contribution in [0.15, 0.2) is 30.3 Å². The molecule has 0 bridgehead atoms. The van der Waals surface area contributed by atoms with Gasteiger partial charge in [0.1, 0.15) is 0 Å². The molecular formula is C16H23NO3. The number of carbonyl (C=O) groups is 2. The van der Waals surface area contributed by atoms with Crippen LogP contribution in [0.3, 0.4) is 0 Å². The van der Waals surface area contributed by atoms with Crippen molar-refractivity contribution >= 4 is 11.8 Å². The van der Waals surface area contributed by atoms with Crippen LogP contribution >= 0.6 is 0 Å². The highest BCUT2D eigenvalue weighted by atomic mass is 16.5. The molecule has 1 N–H and O–H groups in total. The lowest BCUT2D eigenvalue weighted by molar-refractivity contribution is -0.140. The molecule has 0 heterocycles. The number of methoxy groups -OCH3 is 1. The highest BCUT2D eigenvalue weighted by Crippen LogP contribution is 2.08. The first-order valence-electron chi connectivity index (χ1n) is 6.94. The zero-order valence-electron chi connectivity index (χ0n) is 12.4. The Balaban J connectivity index is 2.70. The first-order chi connectivity index (χ1) is 9.54. The molecule has 4 heteroatoms. The highest BCUT2D eigenvalue weighted by molar-refractivity contribution is 6.01. The van der Waals surface area contributed by atoms with Gasteiger partial charge in [-0.1, -0.05) is 44.2 Å². The summed E-state index contributed by atoms with van der Waals surface area (Å²) < 4.78 is 4.66. The lowest BCUT2D eigenvalue weighted by Crippen LogP contribution is -2.39. The number of nitrogens with one attached hydrogen (secondary N) is 1. The van der Waals surface area contributed by atoms with E-state index in [1.807, 2.05) is 18.2 Å². The van der Waals surface area contributed by atoms with Crippen LogP contribution in [0, 0.1) is 5.92 Å². The normalized spacial score (nSPS) is 12.2. The van der Waals surface area contributed by atoms with Gasteiger partial charge in [0.05, 0.1) is 19.6 Å². The maximum atomic E-state index is 12.4. The Bertz CT molecular complexity index is 429. The van der Waals surface area contributed by atoms with Crippen LogP contribution in [0.25, 0.3) is 0 Å². The molecule has 0 saturated carbocycles. The second-order valence-corrected chi connectivity index (χ2v) is 5.20. The Kier molecular flexibility index (Phi) is 6.94. The van der Waals surface area contributed by atoms with E-state index in [4.69, 9.17) is 0 Å². The number of ketones is 1. The van der Waals surface area contributed by atoms with E-state index in [0.29, 0.717) is 18.0 Å². The van der Waals surface area contributed by atoms with E-state index < -0.39 is 6.04 Å². The van der Waals surface area contributed by atoms with Crippen molar-refractivity contribution in [3.63, 3.8) is 0 Å². The number of esters is 1. The first-order valence-corrected chi connectivity index (χ1v) is 6.94. The molecule has 0 spiro atoms. The average Bonchev–Trinajstić information content (AvgIpc) is 2.45. The SMILES string of the molecule is COC(=O)CC(NCCC(C)C)C(=O)c1ccccc1. The van der Waals surface area contributed by atoms with Gasteiger partial charge in [-0.25, -0.2) is 0 Å². The molecule has 1 rings (SSSR count). The van der Waals surface area contributed by atoms with Crippen LogP contribution in [0.4, 0.5) is 0 Å². The molecule has 0 aliphatic carbocycles. The van der Waals surface area contributed by atoms with Crippen LogP contribution in [0.1, 0.15) is 37.0 Å². The summed E-state index contributed by atoms with van der Waals surface area (Å²) in [4.78, 5) is 23.8. The van der Waals surface area contributed by atoms with E-state index in [1.54, 1.807) is 12.1 Å². The summed E-state index contributed by atoms with van der Waals surface area (Å²) in [6, 6.07) is 8.49. The van der Waals surface area contributed by atoms with Crippen molar-refractivity contribution in [3.05, 3.63) is 35.9 Å². The summed E-state index contributed by atoms with van der Waals surface area (Å²) in [7, 11) is 1.33. The Morgan fingerprint density at radius 2 is 1.85 bits per heavy atom. The molecule has 0 saturated heterocycles. The quantitative estimate of drug-likeness (QED) is 0.586. The molecule has 0 aliphatic rings. The number of hydrogen-bond donors (Lipinski definition) is 1. The van der Waals surface area contributed by atoms with Crippen molar-refractivity contribution in [3.8, 4) is 0 Å². The third kappa shape index (κ3) is 5.53. The smallest absolute Gasteiger partial charge is 0.307 e. The molecule has 20 heavy (non-hydrogen) atoms. The van der Waals surface area contributed by atoms with Gasteiger partial charge in [-0.2, -0.15) is 0 Å². The second kappa shape index (κ2) is 8.48. The van der Waals surface area contributed by atoms with Gasteiger partial charge in [-0.15, -0.1) is 0 Å². The Hall–Kier alpha value is -1.68. The van der Waals surface area contributed by atoms with Crippen LogP contribution in [0.5, 0.6) is 0 Å². The third-order valence-electron chi connectivity index (χ3n) is 3.09. The fraction of sp³-hybridized carbons (Fsp3) is 0.500. The Morgan fingerprint density at radius 1 is 1.20 bits per heavy atom.